The van der Waals surface area contributed by atoms with Crippen LogP contribution in [0.3, 0.4) is 0 Å². The Kier molecular flexibility index (Phi) is 5.96. The van der Waals surface area contributed by atoms with Gasteiger partial charge in [-0.2, -0.15) is 0 Å². The molecule has 4 heterocycles. The van der Waals surface area contributed by atoms with Crippen molar-refractivity contribution in [1.82, 2.24) is 19.1 Å². The van der Waals surface area contributed by atoms with Gasteiger partial charge in [0.25, 0.3) is 5.56 Å². The Hall–Kier alpha value is -4.20. The van der Waals surface area contributed by atoms with Gasteiger partial charge in [0, 0.05) is 11.3 Å². The zero-order chi connectivity index (χ0) is 25.6. The van der Waals surface area contributed by atoms with Gasteiger partial charge in [-0.05, 0) is 68.1 Å². The minimum Gasteiger partial charge on any atom is -0.467 e. The first-order chi connectivity index (χ1) is 17.2. The van der Waals surface area contributed by atoms with Crippen LogP contribution in [-0.4, -0.2) is 19.1 Å². The average molecular weight is 485 g/mol. The van der Waals surface area contributed by atoms with Gasteiger partial charge >= 0.3 is 5.69 Å². The van der Waals surface area contributed by atoms with Crippen LogP contribution < -0.4 is 11.2 Å². The predicted molar refractivity (Wildman–Crippen MR) is 137 cm³/mol. The lowest BCUT2D eigenvalue weighted by atomic mass is 10.0. The first-order valence-corrected chi connectivity index (χ1v) is 11.9. The SMILES string of the molecule is Cc1cc(C)c2c(=O)n(Cc3nc(-c4ccc(C(C)C)cc4)oc3C)c(=O)n(Cc3ccco3)c2n1. The summed E-state index contributed by atoms with van der Waals surface area (Å²) < 4.78 is 14.1. The monoisotopic (exact) mass is 484 g/mol. The normalized spacial score (nSPS) is 11.6. The molecule has 1 aromatic carbocycles. The van der Waals surface area contributed by atoms with E-state index in [1.165, 1.54) is 14.7 Å². The van der Waals surface area contributed by atoms with Gasteiger partial charge in [0.2, 0.25) is 5.89 Å². The molecule has 0 aliphatic heterocycles. The zero-order valence-corrected chi connectivity index (χ0v) is 21.0. The van der Waals surface area contributed by atoms with Gasteiger partial charge in [0.05, 0.1) is 24.7 Å². The number of rotatable bonds is 6. The maximum atomic E-state index is 13.6. The minimum absolute atomic E-state index is 0.0154. The highest BCUT2D eigenvalue weighted by Crippen LogP contribution is 2.24. The van der Waals surface area contributed by atoms with Crippen LogP contribution in [0.2, 0.25) is 0 Å². The summed E-state index contributed by atoms with van der Waals surface area (Å²) in [7, 11) is 0. The van der Waals surface area contributed by atoms with E-state index in [0.29, 0.717) is 40.1 Å². The Morgan fingerprint density at radius 2 is 1.69 bits per heavy atom. The number of pyridine rings is 1. The van der Waals surface area contributed by atoms with Crippen molar-refractivity contribution in [2.45, 2.75) is 53.6 Å². The van der Waals surface area contributed by atoms with E-state index >= 15 is 0 Å². The van der Waals surface area contributed by atoms with E-state index in [0.717, 1.165) is 16.8 Å². The van der Waals surface area contributed by atoms with E-state index in [4.69, 9.17) is 8.83 Å². The average Bonchev–Trinajstić information content (AvgIpc) is 3.48. The van der Waals surface area contributed by atoms with Crippen LogP contribution in [-0.2, 0) is 13.1 Å². The van der Waals surface area contributed by atoms with Gasteiger partial charge in [-0.15, -0.1) is 0 Å². The van der Waals surface area contributed by atoms with Crippen molar-refractivity contribution in [3.05, 3.63) is 104 Å². The molecule has 5 aromatic rings. The van der Waals surface area contributed by atoms with Crippen molar-refractivity contribution < 1.29 is 8.83 Å². The summed E-state index contributed by atoms with van der Waals surface area (Å²) in [6.45, 7) is 9.90. The topological polar surface area (TPSA) is 96.1 Å². The molecule has 0 unspecified atom stereocenters. The predicted octanol–water partition coefficient (Wildman–Crippen LogP) is 4.95. The van der Waals surface area contributed by atoms with Crippen molar-refractivity contribution in [2.75, 3.05) is 0 Å². The molecule has 184 valence electrons. The minimum atomic E-state index is -0.480. The van der Waals surface area contributed by atoms with Crippen LogP contribution in [0.25, 0.3) is 22.5 Å². The van der Waals surface area contributed by atoms with Crippen LogP contribution in [0, 0.1) is 20.8 Å². The quantitative estimate of drug-likeness (QED) is 0.338. The highest BCUT2D eigenvalue weighted by Gasteiger charge is 2.20. The molecule has 8 nitrogen and oxygen atoms in total. The summed E-state index contributed by atoms with van der Waals surface area (Å²) >= 11 is 0. The molecule has 4 aromatic heterocycles. The first-order valence-electron chi connectivity index (χ1n) is 11.9. The van der Waals surface area contributed by atoms with Crippen LogP contribution in [0.4, 0.5) is 0 Å². The number of fused-ring (bicyclic) bond motifs is 1. The maximum absolute atomic E-state index is 13.6. The molecular formula is C28H28N4O4. The Bertz CT molecular complexity index is 1670. The fraction of sp³-hybridized carbons (Fsp3) is 0.286. The summed E-state index contributed by atoms with van der Waals surface area (Å²) in [6.07, 6.45) is 1.55. The second kappa shape index (κ2) is 9.11. The van der Waals surface area contributed by atoms with Gasteiger partial charge < -0.3 is 8.83 Å². The number of aromatic nitrogens is 4. The first kappa shape index (κ1) is 23.5. The lowest BCUT2D eigenvalue weighted by molar-refractivity contribution is 0.483. The van der Waals surface area contributed by atoms with E-state index < -0.39 is 11.2 Å². The Morgan fingerprint density at radius 3 is 2.36 bits per heavy atom. The van der Waals surface area contributed by atoms with Crippen LogP contribution in [0.5, 0.6) is 0 Å². The molecule has 0 saturated heterocycles. The lowest BCUT2D eigenvalue weighted by Gasteiger charge is -2.14. The van der Waals surface area contributed by atoms with E-state index in [2.05, 4.69) is 35.9 Å². The summed E-state index contributed by atoms with van der Waals surface area (Å²) in [5, 5.41) is 0.400. The molecule has 5 rings (SSSR count). The van der Waals surface area contributed by atoms with Crippen molar-refractivity contribution in [3.8, 4) is 11.5 Å². The summed E-state index contributed by atoms with van der Waals surface area (Å²) in [5.41, 5.74) is 3.54. The third kappa shape index (κ3) is 4.19. The summed E-state index contributed by atoms with van der Waals surface area (Å²) in [6, 6.07) is 13.4. The third-order valence-electron chi connectivity index (χ3n) is 6.42. The number of aryl methyl sites for hydroxylation is 3. The van der Waals surface area contributed by atoms with Crippen LogP contribution in [0.15, 0.2) is 67.2 Å². The fourth-order valence-corrected chi connectivity index (χ4v) is 4.43. The number of oxazole rings is 1. The van der Waals surface area contributed by atoms with Crippen molar-refractivity contribution in [2.24, 2.45) is 0 Å². The van der Waals surface area contributed by atoms with Gasteiger partial charge in [0.1, 0.15) is 17.2 Å². The van der Waals surface area contributed by atoms with Gasteiger partial charge in [-0.3, -0.25) is 13.9 Å². The molecule has 0 aliphatic rings. The second-order valence-electron chi connectivity index (χ2n) is 9.42. The highest BCUT2D eigenvalue weighted by molar-refractivity contribution is 5.78. The number of furan rings is 1. The Morgan fingerprint density at radius 1 is 0.944 bits per heavy atom. The molecular weight excluding hydrogens is 456 g/mol. The molecule has 0 radical (unpaired) electrons. The van der Waals surface area contributed by atoms with E-state index in [9.17, 15) is 9.59 Å². The second-order valence-corrected chi connectivity index (χ2v) is 9.42. The van der Waals surface area contributed by atoms with Crippen molar-refractivity contribution >= 4 is 11.0 Å². The third-order valence-corrected chi connectivity index (χ3v) is 6.42. The number of benzene rings is 1. The summed E-state index contributed by atoms with van der Waals surface area (Å²) in [5.74, 6) is 2.02. The van der Waals surface area contributed by atoms with E-state index in [-0.39, 0.29) is 13.1 Å². The lowest BCUT2D eigenvalue weighted by Crippen LogP contribution is -2.41. The van der Waals surface area contributed by atoms with Gasteiger partial charge in [-0.1, -0.05) is 26.0 Å². The summed E-state index contributed by atoms with van der Waals surface area (Å²) in [4.78, 5) is 36.4. The Labute approximate surface area is 207 Å². The number of nitrogens with zero attached hydrogens (tertiary/aromatic N) is 4. The van der Waals surface area contributed by atoms with E-state index in [1.807, 2.05) is 32.0 Å². The Balaban J connectivity index is 1.62. The number of hydrogen-bond acceptors (Lipinski definition) is 6. The molecule has 36 heavy (non-hydrogen) atoms. The van der Waals surface area contributed by atoms with Gasteiger partial charge in [-0.25, -0.2) is 14.8 Å². The molecule has 0 spiro atoms. The molecule has 0 amide bonds. The molecule has 0 bridgehead atoms. The molecule has 0 N–H and O–H groups in total. The highest BCUT2D eigenvalue weighted by atomic mass is 16.4. The molecule has 0 aliphatic carbocycles. The standard InChI is InChI=1S/C28H28N4O4/c1-16(2)20-8-10-21(11-9-20)26-30-23(19(5)36-26)15-32-27(33)24-17(3)13-18(4)29-25(24)31(28(32)34)14-22-7-6-12-35-22/h6-13,16H,14-15H2,1-5H3. The molecule has 8 heteroatoms. The molecule has 0 saturated carbocycles. The van der Waals surface area contributed by atoms with Crippen molar-refractivity contribution in [1.29, 1.82) is 0 Å². The smallest absolute Gasteiger partial charge is 0.333 e. The number of hydrogen-bond donors (Lipinski definition) is 0. The maximum Gasteiger partial charge on any atom is 0.333 e. The van der Waals surface area contributed by atoms with Gasteiger partial charge in [0.15, 0.2) is 5.65 Å². The van der Waals surface area contributed by atoms with Crippen LogP contribution >= 0.6 is 0 Å². The fourth-order valence-electron chi connectivity index (χ4n) is 4.43. The van der Waals surface area contributed by atoms with E-state index in [1.54, 1.807) is 25.3 Å². The molecule has 0 atom stereocenters. The molecule has 0 fully saturated rings. The zero-order valence-electron chi connectivity index (χ0n) is 21.0. The van der Waals surface area contributed by atoms with Crippen LogP contribution in [0.1, 0.15) is 53.8 Å². The largest absolute Gasteiger partial charge is 0.467 e. The van der Waals surface area contributed by atoms with Crippen molar-refractivity contribution in [3.63, 3.8) is 0 Å².